The first kappa shape index (κ1) is 20.4. The lowest BCUT2D eigenvalue weighted by molar-refractivity contribution is -0.118. The van der Waals surface area contributed by atoms with Crippen LogP contribution in [0.1, 0.15) is 36.7 Å². The molecule has 1 amide bonds. The number of ether oxygens (including phenoxy) is 3. The fourth-order valence-electron chi connectivity index (χ4n) is 2.42. The number of carbonyl (C=O) groups is 3. The van der Waals surface area contributed by atoms with Gasteiger partial charge >= 0.3 is 11.9 Å². The Labute approximate surface area is 161 Å². The summed E-state index contributed by atoms with van der Waals surface area (Å²) in [6.07, 6.45) is 0. The second-order valence-corrected chi connectivity index (χ2v) is 6.80. The minimum Gasteiger partial charge on any atom is -0.483 e. The third-order valence-electron chi connectivity index (χ3n) is 4.07. The predicted octanol–water partition coefficient (Wildman–Crippen LogP) is 3.26. The molecule has 2 aromatic rings. The van der Waals surface area contributed by atoms with Gasteiger partial charge in [0.1, 0.15) is 15.6 Å². The number of benzene rings is 1. The lowest BCUT2D eigenvalue weighted by Gasteiger charge is -2.11. The highest BCUT2D eigenvalue weighted by atomic mass is 32.1. The molecule has 0 unspecified atom stereocenters. The molecule has 0 saturated heterocycles. The zero-order valence-corrected chi connectivity index (χ0v) is 16.6. The molecule has 0 aliphatic carbocycles. The molecule has 1 N–H and O–H groups in total. The summed E-state index contributed by atoms with van der Waals surface area (Å²) in [5.74, 6) is -1.09. The van der Waals surface area contributed by atoms with Crippen molar-refractivity contribution in [2.24, 2.45) is 0 Å². The van der Waals surface area contributed by atoms with Gasteiger partial charge in [-0.2, -0.15) is 0 Å². The van der Waals surface area contributed by atoms with Gasteiger partial charge in [0, 0.05) is 0 Å². The van der Waals surface area contributed by atoms with Crippen LogP contribution < -0.4 is 10.1 Å². The van der Waals surface area contributed by atoms with E-state index in [0.717, 1.165) is 22.5 Å². The predicted molar refractivity (Wildman–Crippen MR) is 102 cm³/mol. The first-order chi connectivity index (χ1) is 12.8. The Kier molecular flexibility index (Phi) is 6.57. The number of esters is 2. The first-order valence-electron chi connectivity index (χ1n) is 8.09. The molecular weight excluding hydrogens is 370 g/mol. The Morgan fingerprint density at radius 2 is 1.67 bits per heavy atom. The molecule has 0 aliphatic rings. The highest BCUT2D eigenvalue weighted by Crippen LogP contribution is 2.34. The van der Waals surface area contributed by atoms with Gasteiger partial charge in [-0.05, 0) is 43.5 Å². The molecule has 1 aromatic heterocycles. The van der Waals surface area contributed by atoms with Crippen LogP contribution in [0, 0.1) is 20.8 Å². The Bertz CT molecular complexity index is 887. The van der Waals surface area contributed by atoms with Gasteiger partial charge in [0.05, 0.1) is 19.8 Å². The highest BCUT2D eigenvalue weighted by molar-refractivity contribution is 7.18. The summed E-state index contributed by atoms with van der Waals surface area (Å²) >= 11 is 0.955. The number of hydrogen-bond donors (Lipinski definition) is 1. The number of carbonyl (C=O) groups excluding carboxylic acids is 3. The van der Waals surface area contributed by atoms with E-state index < -0.39 is 17.8 Å². The monoisotopic (exact) mass is 391 g/mol. The maximum atomic E-state index is 12.3. The van der Waals surface area contributed by atoms with Crippen molar-refractivity contribution in [1.29, 1.82) is 0 Å². The van der Waals surface area contributed by atoms with E-state index in [1.54, 1.807) is 13.0 Å². The Morgan fingerprint density at radius 3 is 2.30 bits per heavy atom. The van der Waals surface area contributed by atoms with Crippen LogP contribution in [-0.2, 0) is 14.3 Å². The van der Waals surface area contributed by atoms with E-state index in [1.807, 2.05) is 26.0 Å². The van der Waals surface area contributed by atoms with Gasteiger partial charge in [0.15, 0.2) is 6.61 Å². The van der Waals surface area contributed by atoms with Crippen LogP contribution in [-0.4, -0.2) is 38.7 Å². The van der Waals surface area contributed by atoms with Crippen molar-refractivity contribution >= 4 is 34.2 Å². The summed E-state index contributed by atoms with van der Waals surface area (Å²) < 4.78 is 15.0. The summed E-state index contributed by atoms with van der Waals surface area (Å²) in [6.45, 7) is 5.21. The SMILES string of the molecule is COC(=O)c1sc(NC(=O)COc2cccc(C)c2C)c(C(=O)OC)c1C. The molecule has 0 bridgehead atoms. The molecular formula is C19H21NO6S. The number of rotatable bonds is 6. The lowest BCUT2D eigenvalue weighted by Crippen LogP contribution is -2.21. The van der Waals surface area contributed by atoms with E-state index in [0.29, 0.717) is 11.3 Å². The zero-order chi connectivity index (χ0) is 20.1. The van der Waals surface area contributed by atoms with Crippen LogP contribution in [0.25, 0.3) is 0 Å². The molecule has 0 saturated carbocycles. The average molecular weight is 391 g/mol. The number of thiophene rings is 1. The number of amides is 1. The van der Waals surface area contributed by atoms with Crippen molar-refractivity contribution in [2.75, 3.05) is 26.1 Å². The minimum atomic E-state index is -0.648. The number of anilines is 1. The van der Waals surface area contributed by atoms with Crippen molar-refractivity contribution < 1.29 is 28.6 Å². The van der Waals surface area contributed by atoms with E-state index >= 15 is 0 Å². The van der Waals surface area contributed by atoms with Gasteiger partial charge in [-0.15, -0.1) is 11.3 Å². The third kappa shape index (κ3) is 4.46. The molecule has 0 atom stereocenters. The van der Waals surface area contributed by atoms with Gasteiger partial charge in [-0.1, -0.05) is 12.1 Å². The van der Waals surface area contributed by atoms with E-state index in [4.69, 9.17) is 14.2 Å². The van der Waals surface area contributed by atoms with Crippen molar-refractivity contribution in [1.82, 2.24) is 0 Å². The highest BCUT2D eigenvalue weighted by Gasteiger charge is 2.26. The first-order valence-corrected chi connectivity index (χ1v) is 8.90. The van der Waals surface area contributed by atoms with Crippen LogP contribution in [0.2, 0.25) is 0 Å². The Hall–Kier alpha value is -2.87. The summed E-state index contributed by atoms with van der Waals surface area (Å²) in [4.78, 5) is 36.5. The molecule has 144 valence electrons. The molecule has 0 spiro atoms. The molecule has 0 aliphatic heterocycles. The van der Waals surface area contributed by atoms with Gasteiger partial charge in [-0.3, -0.25) is 4.79 Å². The number of nitrogens with one attached hydrogen (secondary N) is 1. The maximum absolute atomic E-state index is 12.3. The minimum absolute atomic E-state index is 0.128. The van der Waals surface area contributed by atoms with Crippen LogP contribution in [0.3, 0.4) is 0 Å². The Morgan fingerprint density at radius 1 is 1.00 bits per heavy atom. The maximum Gasteiger partial charge on any atom is 0.348 e. The van der Waals surface area contributed by atoms with Crippen molar-refractivity contribution in [3.8, 4) is 5.75 Å². The third-order valence-corrected chi connectivity index (χ3v) is 5.26. The van der Waals surface area contributed by atoms with Crippen LogP contribution in [0.4, 0.5) is 5.00 Å². The summed E-state index contributed by atoms with van der Waals surface area (Å²) in [5.41, 5.74) is 2.52. The van der Waals surface area contributed by atoms with Gasteiger partial charge < -0.3 is 19.5 Å². The largest absolute Gasteiger partial charge is 0.483 e. The second-order valence-electron chi connectivity index (χ2n) is 5.78. The smallest absolute Gasteiger partial charge is 0.348 e. The lowest BCUT2D eigenvalue weighted by atomic mass is 10.1. The Balaban J connectivity index is 2.20. The van der Waals surface area contributed by atoms with Crippen LogP contribution >= 0.6 is 11.3 Å². The van der Waals surface area contributed by atoms with E-state index in [-0.39, 0.29) is 22.0 Å². The number of aryl methyl sites for hydroxylation is 1. The average Bonchev–Trinajstić information content (AvgIpc) is 2.97. The number of methoxy groups -OCH3 is 2. The zero-order valence-electron chi connectivity index (χ0n) is 15.8. The fourth-order valence-corrected chi connectivity index (χ4v) is 3.55. The quantitative estimate of drug-likeness (QED) is 0.760. The van der Waals surface area contributed by atoms with E-state index in [1.165, 1.54) is 14.2 Å². The fraction of sp³-hybridized carbons (Fsp3) is 0.316. The number of hydrogen-bond acceptors (Lipinski definition) is 7. The van der Waals surface area contributed by atoms with Gasteiger partial charge in [0.2, 0.25) is 0 Å². The van der Waals surface area contributed by atoms with Gasteiger partial charge in [-0.25, -0.2) is 9.59 Å². The summed E-state index contributed by atoms with van der Waals surface area (Å²) in [7, 11) is 2.47. The molecule has 8 heteroatoms. The molecule has 0 fully saturated rings. The summed E-state index contributed by atoms with van der Waals surface area (Å²) in [6, 6.07) is 5.57. The molecule has 7 nitrogen and oxygen atoms in total. The summed E-state index contributed by atoms with van der Waals surface area (Å²) in [5, 5.41) is 2.83. The molecule has 2 rings (SSSR count). The molecule has 0 radical (unpaired) electrons. The van der Waals surface area contributed by atoms with Crippen molar-refractivity contribution in [3.05, 3.63) is 45.3 Å². The van der Waals surface area contributed by atoms with Crippen molar-refractivity contribution in [2.45, 2.75) is 20.8 Å². The topological polar surface area (TPSA) is 90.9 Å². The van der Waals surface area contributed by atoms with Crippen LogP contribution in [0.15, 0.2) is 18.2 Å². The standard InChI is InChI=1S/C19H21NO6S/c1-10-7-6-8-13(11(10)2)26-9-14(21)20-17-15(18(22)24-4)12(3)16(27-17)19(23)25-5/h6-8H,9H2,1-5H3,(H,20,21). The van der Waals surface area contributed by atoms with E-state index in [2.05, 4.69) is 5.32 Å². The molecule has 1 aromatic carbocycles. The molecule has 27 heavy (non-hydrogen) atoms. The van der Waals surface area contributed by atoms with Gasteiger partial charge in [0.25, 0.3) is 5.91 Å². The van der Waals surface area contributed by atoms with E-state index in [9.17, 15) is 14.4 Å². The second kappa shape index (κ2) is 8.68. The normalized spacial score (nSPS) is 10.3. The van der Waals surface area contributed by atoms with Crippen molar-refractivity contribution in [3.63, 3.8) is 0 Å². The van der Waals surface area contributed by atoms with Crippen LogP contribution in [0.5, 0.6) is 5.75 Å². The molecule has 1 heterocycles.